The fourth-order valence-corrected chi connectivity index (χ4v) is 5.68. The predicted octanol–water partition coefficient (Wildman–Crippen LogP) is 3.29. The number of piperazine rings is 1. The average Bonchev–Trinajstić information content (AvgIpc) is 3.40. The van der Waals surface area contributed by atoms with E-state index in [1.807, 2.05) is 11.8 Å². The number of pyridine rings is 1. The summed E-state index contributed by atoms with van der Waals surface area (Å²) in [7, 11) is 0. The number of imidazole rings is 1. The Morgan fingerprint density at radius 2 is 1.91 bits per heavy atom. The minimum absolute atomic E-state index is 0.0988. The summed E-state index contributed by atoms with van der Waals surface area (Å²) in [6.07, 6.45) is 5.02. The third-order valence-corrected chi connectivity index (χ3v) is 8.43. The number of fused-ring (bicyclic) bond motifs is 3. The van der Waals surface area contributed by atoms with Crippen molar-refractivity contribution in [3.63, 3.8) is 0 Å². The minimum Gasteiger partial charge on any atom is -0.396 e. The first-order chi connectivity index (χ1) is 21.3. The van der Waals surface area contributed by atoms with E-state index in [2.05, 4.69) is 44.6 Å². The van der Waals surface area contributed by atoms with Gasteiger partial charge in [0.15, 0.2) is 5.82 Å². The number of carbonyl (C=O) groups excluding carboxylic acids is 1. The molecule has 13 heteroatoms. The molecule has 44 heavy (non-hydrogen) atoms. The number of nitrogens with zero attached hydrogens (tertiary/aromatic N) is 8. The average molecular weight is 610 g/mol. The number of aliphatic hydroxyl groups excluding tert-OH is 2. The van der Waals surface area contributed by atoms with Crippen molar-refractivity contribution in [1.29, 1.82) is 0 Å². The number of benzene rings is 1. The Balaban J connectivity index is 1.37. The summed E-state index contributed by atoms with van der Waals surface area (Å²) in [5.41, 5.74) is 17.6. The van der Waals surface area contributed by atoms with Gasteiger partial charge < -0.3 is 30.2 Å². The number of carbonyl (C=O) groups is 1. The first-order valence-corrected chi connectivity index (χ1v) is 15.7. The Kier molecular flexibility index (Phi) is 12.2. The van der Waals surface area contributed by atoms with Gasteiger partial charge in [0.2, 0.25) is 5.91 Å². The summed E-state index contributed by atoms with van der Waals surface area (Å²) in [5, 5.41) is 24.5. The number of aromatic nitrogens is 3. The van der Waals surface area contributed by atoms with Gasteiger partial charge in [0.05, 0.1) is 43.9 Å². The maximum atomic E-state index is 12.5. The molecule has 1 aliphatic rings. The number of aliphatic hydroxyl groups is 2. The first-order valence-electron chi connectivity index (χ1n) is 15.7. The van der Waals surface area contributed by atoms with Crippen molar-refractivity contribution in [3.8, 4) is 0 Å². The lowest BCUT2D eigenvalue weighted by Gasteiger charge is -2.34. The standard InChI is InChI=1S/C31H47N9O4/c1-3-4-7-26-36-28-29(40(26)20-31(2,21-41)22-42)24-9-8-23(19-25(24)35-30(28)32)6-5-12-38-13-15-39(16-14-38)27(43)10-17-44-18-11-34-37-33/h8-9,19,41-42H,3-7,10-18,20-22H2,1-2H3,(H2,32,35). The molecule has 3 aromatic rings. The minimum atomic E-state index is -0.693. The highest BCUT2D eigenvalue weighted by Crippen LogP contribution is 2.32. The lowest BCUT2D eigenvalue weighted by molar-refractivity contribution is -0.134. The summed E-state index contributed by atoms with van der Waals surface area (Å²) < 4.78 is 7.49. The van der Waals surface area contributed by atoms with Crippen molar-refractivity contribution in [2.45, 2.75) is 58.9 Å². The van der Waals surface area contributed by atoms with E-state index in [1.54, 1.807) is 0 Å². The number of unbranched alkanes of at least 4 members (excludes halogenated alkanes) is 1. The molecule has 0 unspecified atom stereocenters. The molecule has 0 saturated carbocycles. The van der Waals surface area contributed by atoms with Gasteiger partial charge in [0, 0.05) is 61.4 Å². The van der Waals surface area contributed by atoms with Gasteiger partial charge in [-0.3, -0.25) is 9.69 Å². The van der Waals surface area contributed by atoms with E-state index < -0.39 is 5.41 Å². The molecule has 1 aromatic carbocycles. The highest BCUT2D eigenvalue weighted by molar-refractivity contribution is 6.06. The number of azide groups is 1. The van der Waals surface area contributed by atoms with Crippen molar-refractivity contribution in [2.75, 3.05) is 71.4 Å². The van der Waals surface area contributed by atoms with Crippen LogP contribution in [-0.2, 0) is 28.9 Å². The molecule has 4 N–H and O–H groups in total. The molecule has 13 nitrogen and oxygen atoms in total. The van der Waals surface area contributed by atoms with Gasteiger partial charge >= 0.3 is 0 Å². The molecule has 0 aliphatic carbocycles. The van der Waals surface area contributed by atoms with Crippen LogP contribution in [0, 0.1) is 5.41 Å². The van der Waals surface area contributed by atoms with Gasteiger partial charge in [-0.05, 0) is 43.0 Å². The molecule has 0 bridgehead atoms. The number of hydrogen-bond acceptors (Lipinski definition) is 9. The normalized spacial score (nSPS) is 14.4. The SMILES string of the molecule is CCCCc1nc2c(N)nc3cc(CCCN4CCN(C(=O)CCOCCN=[N+]=[N-])CC4)ccc3c2n1CC(C)(CO)CO. The zero-order valence-corrected chi connectivity index (χ0v) is 26.1. The predicted molar refractivity (Wildman–Crippen MR) is 171 cm³/mol. The molecular formula is C31H47N9O4. The van der Waals surface area contributed by atoms with Gasteiger partial charge in [-0.15, -0.1) is 0 Å². The molecule has 3 heterocycles. The first kappa shape index (κ1) is 33.4. The van der Waals surface area contributed by atoms with Crippen molar-refractivity contribution in [2.24, 2.45) is 10.5 Å². The number of nitrogens with two attached hydrogens (primary N) is 1. The largest absolute Gasteiger partial charge is 0.396 e. The highest BCUT2D eigenvalue weighted by atomic mass is 16.5. The second-order valence-corrected chi connectivity index (χ2v) is 12.0. The van der Waals surface area contributed by atoms with Crippen LogP contribution in [0.4, 0.5) is 5.82 Å². The number of anilines is 1. The lowest BCUT2D eigenvalue weighted by atomic mass is 9.92. The number of hydrogen-bond donors (Lipinski definition) is 3. The molecule has 0 atom stereocenters. The molecule has 240 valence electrons. The summed E-state index contributed by atoms with van der Waals surface area (Å²) in [6.45, 7) is 9.19. The zero-order valence-electron chi connectivity index (χ0n) is 26.1. The van der Waals surface area contributed by atoms with Crippen molar-refractivity contribution in [3.05, 3.63) is 40.0 Å². The van der Waals surface area contributed by atoms with Crippen LogP contribution < -0.4 is 5.73 Å². The second kappa shape index (κ2) is 16.0. The summed E-state index contributed by atoms with van der Waals surface area (Å²) >= 11 is 0. The van der Waals surface area contributed by atoms with E-state index in [-0.39, 0.29) is 25.7 Å². The Morgan fingerprint density at radius 1 is 1.14 bits per heavy atom. The van der Waals surface area contributed by atoms with E-state index in [0.717, 1.165) is 74.0 Å². The van der Waals surface area contributed by atoms with Crippen molar-refractivity contribution >= 4 is 33.7 Å². The topological polar surface area (TPSA) is 179 Å². The van der Waals surface area contributed by atoms with Crippen LogP contribution in [0.25, 0.3) is 32.4 Å². The maximum absolute atomic E-state index is 12.5. The molecule has 0 radical (unpaired) electrons. The number of rotatable bonds is 17. The quantitative estimate of drug-likeness (QED) is 0.0903. The Hall–Kier alpha value is -3.48. The van der Waals surface area contributed by atoms with Crippen LogP contribution in [0.5, 0.6) is 0 Å². The van der Waals surface area contributed by atoms with Crippen LogP contribution in [0.3, 0.4) is 0 Å². The fourth-order valence-electron chi connectivity index (χ4n) is 5.68. The van der Waals surface area contributed by atoms with Gasteiger partial charge in [-0.25, -0.2) is 9.97 Å². The molecule has 1 saturated heterocycles. The number of ether oxygens (including phenoxy) is 1. The molecule has 1 fully saturated rings. The van der Waals surface area contributed by atoms with Gasteiger partial charge in [-0.2, -0.15) is 0 Å². The molecule has 2 aromatic heterocycles. The smallest absolute Gasteiger partial charge is 0.224 e. The molecule has 0 spiro atoms. The van der Waals surface area contributed by atoms with Crippen molar-refractivity contribution in [1.82, 2.24) is 24.3 Å². The van der Waals surface area contributed by atoms with Gasteiger partial charge in [-0.1, -0.05) is 37.5 Å². The van der Waals surface area contributed by atoms with Crippen LogP contribution >= 0.6 is 0 Å². The van der Waals surface area contributed by atoms with Crippen LogP contribution in [-0.4, -0.2) is 106 Å². The number of amides is 1. The summed E-state index contributed by atoms with van der Waals surface area (Å²) in [6, 6.07) is 6.35. The van der Waals surface area contributed by atoms with Gasteiger partial charge in [0.25, 0.3) is 0 Å². The fraction of sp³-hybridized carbons (Fsp3) is 0.645. The molecule has 1 amide bonds. The maximum Gasteiger partial charge on any atom is 0.224 e. The van der Waals surface area contributed by atoms with E-state index in [0.29, 0.717) is 50.6 Å². The lowest BCUT2D eigenvalue weighted by Crippen LogP contribution is -2.49. The van der Waals surface area contributed by atoms with Gasteiger partial charge in [0.1, 0.15) is 11.3 Å². The Bertz CT molecular complexity index is 1440. The van der Waals surface area contributed by atoms with Crippen LogP contribution in [0.1, 0.15) is 50.9 Å². The Morgan fingerprint density at radius 3 is 2.61 bits per heavy atom. The van der Waals surface area contributed by atoms with E-state index in [1.165, 1.54) is 5.56 Å². The van der Waals surface area contributed by atoms with Crippen LogP contribution in [0.2, 0.25) is 0 Å². The Labute approximate surface area is 258 Å². The highest BCUT2D eigenvalue weighted by Gasteiger charge is 2.27. The van der Waals surface area contributed by atoms with E-state index >= 15 is 0 Å². The summed E-state index contributed by atoms with van der Waals surface area (Å²) in [5.74, 6) is 1.39. The number of nitrogen functional groups attached to an aromatic ring is 1. The third-order valence-electron chi connectivity index (χ3n) is 8.43. The second-order valence-electron chi connectivity index (χ2n) is 12.0. The molecule has 4 rings (SSSR count). The van der Waals surface area contributed by atoms with E-state index in [4.69, 9.17) is 26.0 Å². The monoisotopic (exact) mass is 609 g/mol. The number of aryl methyl sites for hydroxylation is 2. The van der Waals surface area contributed by atoms with Crippen molar-refractivity contribution < 1.29 is 19.7 Å². The summed E-state index contributed by atoms with van der Waals surface area (Å²) in [4.78, 5) is 29.1. The zero-order chi connectivity index (χ0) is 31.5. The van der Waals surface area contributed by atoms with Crippen LogP contribution in [0.15, 0.2) is 23.3 Å². The molecule has 1 aliphatic heterocycles. The molecular weight excluding hydrogens is 562 g/mol. The van der Waals surface area contributed by atoms with E-state index in [9.17, 15) is 15.0 Å². The third kappa shape index (κ3) is 8.36.